The number of carbonyl (C=O) groups excluding carboxylic acids is 2. The molecule has 2 aromatic carbocycles. The highest BCUT2D eigenvalue weighted by Crippen LogP contribution is 2.38. The quantitative estimate of drug-likeness (QED) is 0.350. The monoisotopic (exact) mass is 605 g/mol. The van der Waals surface area contributed by atoms with Gasteiger partial charge in [0.1, 0.15) is 10.4 Å². The number of hydrogen-bond acceptors (Lipinski definition) is 5. The first-order valence-corrected chi connectivity index (χ1v) is 13.3. The third kappa shape index (κ3) is 4.78. The van der Waals surface area contributed by atoms with Crippen molar-refractivity contribution in [2.75, 3.05) is 20.2 Å². The van der Waals surface area contributed by atoms with Crippen molar-refractivity contribution >= 4 is 55.2 Å². The Balaban J connectivity index is 1.51. The van der Waals surface area contributed by atoms with E-state index in [0.717, 1.165) is 35.7 Å². The van der Waals surface area contributed by atoms with E-state index in [1.807, 2.05) is 62.4 Å². The third-order valence-electron chi connectivity index (χ3n) is 6.18. The van der Waals surface area contributed by atoms with E-state index in [2.05, 4.69) is 37.2 Å². The third-order valence-corrected chi connectivity index (χ3v) is 8.74. The first-order valence-electron chi connectivity index (χ1n) is 10.9. The Labute approximate surface area is 220 Å². The van der Waals surface area contributed by atoms with Crippen LogP contribution in [-0.4, -0.2) is 42.1 Å². The van der Waals surface area contributed by atoms with Crippen LogP contribution in [0.4, 0.5) is 4.79 Å². The summed E-state index contributed by atoms with van der Waals surface area (Å²) in [6.07, 6.45) is 0.504. The van der Waals surface area contributed by atoms with Crippen molar-refractivity contribution in [3.05, 3.63) is 73.6 Å². The molecular formula is C25H25Br2N3O3S. The van der Waals surface area contributed by atoms with Crippen LogP contribution in [0.15, 0.2) is 57.5 Å². The van der Waals surface area contributed by atoms with Crippen molar-refractivity contribution in [2.24, 2.45) is 0 Å². The minimum Gasteiger partial charge on any atom is -0.468 e. The van der Waals surface area contributed by atoms with Crippen molar-refractivity contribution in [3.8, 4) is 10.6 Å². The second kappa shape index (κ2) is 10.2. The van der Waals surface area contributed by atoms with E-state index in [1.165, 1.54) is 7.11 Å². The molecule has 2 heterocycles. The number of likely N-dealkylation sites (tertiary alicyclic amines) is 1. The molecule has 1 fully saturated rings. The Hall–Kier alpha value is -2.23. The van der Waals surface area contributed by atoms with Gasteiger partial charge in [-0.05, 0) is 44.0 Å². The number of carbonyl (C=O) groups is 2. The highest BCUT2D eigenvalue weighted by molar-refractivity contribution is 9.10. The number of benzene rings is 2. The second-order valence-corrected chi connectivity index (χ2v) is 11.2. The zero-order valence-electron chi connectivity index (χ0n) is 19.1. The predicted octanol–water partition coefficient (Wildman–Crippen LogP) is 6.23. The summed E-state index contributed by atoms with van der Waals surface area (Å²) in [5, 5.41) is 4.00. The number of urea groups is 1. The number of nitrogens with zero attached hydrogens (tertiary/aromatic N) is 2. The SMILES string of the molecule is COC(=O)C1(c2cccc(Br)c2)CCN(C(=O)NC(C)c2sc(-c3ccccc3Br)nc2C)C1. The second-order valence-electron chi connectivity index (χ2n) is 8.38. The highest BCUT2D eigenvalue weighted by atomic mass is 79.9. The van der Waals surface area contributed by atoms with Crippen molar-refractivity contribution in [1.82, 2.24) is 15.2 Å². The van der Waals surface area contributed by atoms with E-state index < -0.39 is 5.41 Å². The molecule has 2 atom stereocenters. The number of esters is 1. The molecule has 0 spiro atoms. The molecule has 1 saturated heterocycles. The standard InChI is InChI=1S/C25H25Br2N3O3S/c1-15-21(34-22(28-15)19-9-4-5-10-20(19)27)16(2)29-24(32)30-12-11-25(14-30,23(31)33-3)17-7-6-8-18(26)13-17/h4-10,13,16H,11-12,14H2,1-3H3,(H,29,32). The van der Waals surface area contributed by atoms with Crippen LogP contribution in [0.25, 0.3) is 10.6 Å². The minimum atomic E-state index is -0.883. The lowest BCUT2D eigenvalue weighted by Gasteiger charge is -2.27. The molecule has 1 aliphatic rings. The molecule has 0 radical (unpaired) electrons. The number of nitrogens with one attached hydrogen (secondary N) is 1. The fourth-order valence-corrected chi connectivity index (χ4v) is 6.50. The predicted molar refractivity (Wildman–Crippen MR) is 141 cm³/mol. The molecule has 2 unspecified atom stereocenters. The maximum atomic E-state index is 13.2. The van der Waals surface area contributed by atoms with Crippen LogP contribution in [0, 0.1) is 6.92 Å². The molecule has 34 heavy (non-hydrogen) atoms. The summed E-state index contributed by atoms with van der Waals surface area (Å²) >= 11 is 8.65. The average molecular weight is 607 g/mol. The van der Waals surface area contributed by atoms with E-state index in [-0.39, 0.29) is 24.6 Å². The molecule has 1 aromatic heterocycles. The van der Waals surface area contributed by atoms with Crippen LogP contribution in [0.3, 0.4) is 0 Å². The Bertz CT molecular complexity index is 1230. The van der Waals surface area contributed by atoms with E-state index >= 15 is 0 Å². The molecule has 1 aliphatic heterocycles. The molecular weight excluding hydrogens is 582 g/mol. The van der Waals surface area contributed by atoms with Crippen molar-refractivity contribution in [1.29, 1.82) is 0 Å². The largest absolute Gasteiger partial charge is 0.468 e. The minimum absolute atomic E-state index is 0.205. The Morgan fingerprint density at radius 3 is 2.68 bits per heavy atom. The number of hydrogen-bond donors (Lipinski definition) is 1. The summed E-state index contributed by atoms with van der Waals surface area (Å²) < 4.78 is 7.02. The van der Waals surface area contributed by atoms with Gasteiger partial charge in [0.2, 0.25) is 0 Å². The molecule has 1 N–H and O–H groups in total. The number of methoxy groups -OCH3 is 1. The van der Waals surface area contributed by atoms with E-state index in [4.69, 9.17) is 9.72 Å². The van der Waals surface area contributed by atoms with E-state index in [0.29, 0.717) is 13.0 Å². The van der Waals surface area contributed by atoms with Crippen LogP contribution in [-0.2, 0) is 14.9 Å². The van der Waals surface area contributed by atoms with Crippen molar-refractivity contribution in [2.45, 2.75) is 31.7 Å². The lowest BCUT2D eigenvalue weighted by atomic mass is 9.79. The number of aryl methyl sites for hydroxylation is 1. The molecule has 4 rings (SSSR count). The maximum absolute atomic E-state index is 13.2. The lowest BCUT2D eigenvalue weighted by molar-refractivity contribution is -0.147. The first-order chi connectivity index (χ1) is 16.2. The smallest absolute Gasteiger partial charge is 0.318 e. The number of ether oxygens (including phenoxy) is 1. The van der Waals surface area contributed by atoms with Crippen LogP contribution in [0.2, 0.25) is 0 Å². The molecule has 6 nitrogen and oxygen atoms in total. The fourth-order valence-electron chi connectivity index (χ4n) is 4.39. The summed E-state index contributed by atoms with van der Waals surface area (Å²) in [6, 6.07) is 15.2. The first kappa shape index (κ1) is 24.9. The van der Waals surface area contributed by atoms with Gasteiger partial charge < -0.3 is 15.0 Å². The average Bonchev–Trinajstić information content (AvgIpc) is 3.44. The molecule has 2 amide bonds. The summed E-state index contributed by atoms with van der Waals surface area (Å²) in [5.74, 6) is -0.328. The maximum Gasteiger partial charge on any atom is 0.318 e. The summed E-state index contributed by atoms with van der Waals surface area (Å²) in [6.45, 7) is 4.64. The van der Waals surface area contributed by atoms with Gasteiger partial charge in [-0.15, -0.1) is 11.3 Å². The number of thiazole rings is 1. The Morgan fingerprint density at radius 1 is 1.21 bits per heavy atom. The molecule has 3 aromatic rings. The molecule has 0 saturated carbocycles. The number of aromatic nitrogens is 1. The zero-order valence-corrected chi connectivity index (χ0v) is 23.1. The van der Waals surface area contributed by atoms with Gasteiger partial charge >= 0.3 is 12.0 Å². The van der Waals surface area contributed by atoms with Gasteiger partial charge in [-0.3, -0.25) is 4.79 Å². The number of halogens is 2. The molecule has 0 aliphatic carbocycles. The topological polar surface area (TPSA) is 71.5 Å². The van der Waals surface area contributed by atoms with Gasteiger partial charge in [-0.25, -0.2) is 9.78 Å². The van der Waals surface area contributed by atoms with Crippen LogP contribution in [0.1, 0.15) is 35.5 Å². The Kier molecular flexibility index (Phi) is 7.45. The zero-order chi connectivity index (χ0) is 24.5. The molecule has 178 valence electrons. The van der Waals surface area contributed by atoms with Gasteiger partial charge in [0.05, 0.1) is 23.7 Å². The van der Waals surface area contributed by atoms with Crippen LogP contribution < -0.4 is 5.32 Å². The molecule has 9 heteroatoms. The van der Waals surface area contributed by atoms with Gasteiger partial charge in [0, 0.05) is 27.6 Å². The number of amides is 2. The van der Waals surface area contributed by atoms with Gasteiger partial charge in [0.15, 0.2) is 0 Å². The van der Waals surface area contributed by atoms with Crippen LogP contribution >= 0.6 is 43.2 Å². The van der Waals surface area contributed by atoms with E-state index in [9.17, 15) is 9.59 Å². The summed E-state index contributed by atoms with van der Waals surface area (Å²) in [4.78, 5) is 33.5. The van der Waals surface area contributed by atoms with Gasteiger partial charge in [-0.1, -0.05) is 62.2 Å². The lowest BCUT2D eigenvalue weighted by Crippen LogP contribution is -2.44. The highest BCUT2D eigenvalue weighted by Gasteiger charge is 2.48. The summed E-state index contributed by atoms with van der Waals surface area (Å²) in [5.41, 5.74) is 1.87. The van der Waals surface area contributed by atoms with Crippen LogP contribution in [0.5, 0.6) is 0 Å². The normalized spacial score (nSPS) is 18.6. The molecule has 0 bridgehead atoms. The van der Waals surface area contributed by atoms with Crippen molar-refractivity contribution in [3.63, 3.8) is 0 Å². The van der Waals surface area contributed by atoms with E-state index in [1.54, 1.807) is 16.2 Å². The van der Waals surface area contributed by atoms with Gasteiger partial charge in [0.25, 0.3) is 0 Å². The number of rotatable bonds is 5. The fraction of sp³-hybridized carbons (Fsp3) is 0.320. The summed E-state index contributed by atoms with van der Waals surface area (Å²) in [7, 11) is 1.39. The van der Waals surface area contributed by atoms with Gasteiger partial charge in [-0.2, -0.15) is 0 Å². The van der Waals surface area contributed by atoms with Crippen molar-refractivity contribution < 1.29 is 14.3 Å². The Morgan fingerprint density at radius 2 is 1.97 bits per heavy atom.